The molecule has 94 valence electrons. The van der Waals surface area contributed by atoms with Crippen LogP contribution in [0.15, 0.2) is 46.9 Å². The Bertz CT molecular complexity index is 775. The molecular weight excluding hydrogens is 250 g/mol. The topological polar surface area (TPSA) is 30.2 Å². The predicted molar refractivity (Wildman–Crippen MR) is 67.0 cm³/mol. The lowest BCUT2D eigenvalue weighted by atomic mass is 10.0. The standard InChI is InChI=1S/C15H8F2O2/c16-13-4-3-9(6-14(13)17)10-1-2-11-5-12(8-18)19-15(11)7-10/h1-8H. The Morgan fingerprint density at radius 1 is 0.895 bits per heavy atom. The summed E-state index contributed by atoms with van der Waals surface area (Å²) in [6.07, 6.45) is 0.622. The number of hydrogen-bond acceptors (Lipinski definition) is 2. The monoisotopic (exact) mass is 258 g/mol. The van der Waals surface area contributed by atoms with Gasteiger partial charge in [0, 0.05) is 5.39 Å². The van der Waals surface area contributed by atoms with Crippen LogP contribution in [0.1, 0.15) is 10.6 Å². The van der Waals surface area contributed by atoms with E-state index in [4.69, 9.17) is 4.42 Å². The molecule has 0 amide bonds. The number of carbonyl (C=O) groups is 1. The molecule has 3 aromatic rings. The molecule has 0 N–H and O–H groups in total. The van der Waals surface area contributed by atoms with Crippen molar-refractivity contribution >= 4 is 17.3 Å². The van der Waals surface area contributed by atoms with Gasteiger partial charge in [-0.25, -0.2) is 8.78 Å². The molecule has 4 heteroatoms. The van der Waals surface area contributed by atoms with Crippen LogP contribution in [0.3, 0.4) is 0 Å². The van der Waals surface area contributed by atoms with E-state index in [0.29, 0.717) is 23.0 Å². The summed E-state index contributed by atoms with van der Waals surface area (Å²) < 4.78 is 31.4. The smallest absolute Gasteiger partial charge is 0.185 e. The molecule has 1 heterocycles. The van der Waals surface area contributed by atoms with Crippen molar-refractivity contribution in [3.63, 3.8) is 0 Å². The summed E-state index contributed by atoms with van der Waals surface area (Å²) in [7, 11) is 0. The minimum absolute atomic E-state index is 0.234. The van der Waals surface area contributed by atoms with Gasteiger partial charge in [-0.15, -0.1) is 0 Å². The molecule has 1 aromatic heterocycles. The molecule has 0 radical (unpaired) electrons. The van der Waals surface area contributed by atoms with Crippen LogP contribution in [0.4, 0.5) is 8.78 Å². The van der Waals surface area contributed by atoms with Crippen LogP contribution in [0, 0.1) is 11.6 Å². The Hall–Kier alpha value is -2.49. The number of benzene rings is 2. The van der Waals surface area contributed by atoms with Crippen LogP contribution in [-0.2, 0) is 0 Å². The molecule has 2 aromatic carbocycles. The van der Waals surface area contributed by atoms with Crippen LogP contribution in [0.5, 0.6) is 0 Å². The number of furan rings is 1. The predicted octanol–water partition coefficient (Wildman–Crippen LogP) is 4.19. The Morgan fingerprint density at radius 2 is 1.63 bits per heavy atom. The van der Waals surface area contributed by atoms with Gasteiger partial charge in [-0.1, -0.05) is 18.2 Å². The zero-order valence-electron chi connectivity index (χ0n) is 9.69. The molecular formula is C15H8F2O2. The highest BCUT2D eigenvalue weighted by Gasteiger charge is 2.07. The Morgan fingerprint density at radius 3 is 2.37 bits per heavy atom. The van der Waals surface area contributed by atoms with Gasteiger partial charge in [0.05, 0.1) is 0 Å². The molecule has 0 spiro atoms. The number of fused-ring (bicyclic) bond motifs is 1. The fourth-order valence-corrected chi connectivity index (χ4v) is 1.97. The summed E-state index contributed by atoms with van der Waals surface area (Å²) >= 11 is 0. The third kappa shape index (κ3) is 2.01. The van der Waals surface area contributed by atoms with E-state index in [0.717, 1.165) is 17.5 Å². The SMILES string of the molecule is O=Cc1cc2ccc(-c3ccc(F)c(F)c3)cc2o1. The maximum absolute atomic E-state index is 13.2. The quantitative estimate of drug-likeness (QED) is 0.645. The van der Waals surface area contributed by atoms with Crippen molar-refractivity contribution in [2.45, 2.75) is 0 Å². The number of hydrogen-bond donors (Lipinski definition) is 0. The molecule has 0 bridgehead atoms. The molecule has 2 nitrogen and oxygen atoms in total. The molecule has 0 atom stereocenters. The molecule has 0 aliphatic carbocycles. The van der Waals surface area contributed by atoms with E-state index in [9.17, 15) is 13.6 Å². The Kier molecular flexibility index (Phi) is 2.63. The van der Waals surface area contributed by atoms with Crippen molar-refractivity contribution in [2.24, 2.45) is 0 Å². The Balaban J connectivity index is 2.13. The fourth-order valence-electron chi connectivity index (χ4n) is 1.97. The van der Waals surface area contributed by atoms with E-state index >= 15 is 0 Å². The van der Waals surface area contributed by atoms with Gasteiger partial charge in [-0.05, 0) is 35.4 Å². The van der Waals surface area contributed by atoms with Crippen LogP contribution in [0.25, 0.3) is 22.1 Å². The van der Waals surface area contributed by atoms with Gasteiger partial charge in [-0.2, -0.15) is 0 Å². The summed E-state index contributed by atoms with van der Waals surface area (Å²) in [6.45, 7) is 0. The lowest BCUT2D eigenvalue weighted by molar-refractivity contribution is 0.110. The summed E-state index contributed by atoms with van der Waals surface area (Å²) in [5.74, 6) is -1.55. The van der Waals surface area contributed by atoms with Crippen molar-refractivity contribution in [1.29, 1.82) is 0 Å². The molecule has 0 aliphatic heterocycles. The highest BCUT2D eigenvalue weighted by Crippen LogP contribution is 2.27. The fraction of sp³-hybridized carbons (Fsp3) is 0. The summed E-state index contributed by atoms with van der Waals surface area (Å²) in [5.41, 5.74) is 1.77. The minimum atomic E-state index is -0.898. The maximum Gasteiger partial charge on any atom is 0.185 e. The van der Waals surface area contributed by atoms with E-state index in [1.54, 1.807) is 24.3 Å². The van der Waals surface area contributed by atoms with Crippen molar-refractivity contribution < 1.29 is 18.0 Å². The second kappa shape index (κ2) is 4.31. The number of halogens is 2. The average molecular weight is 258 g/mol. The van der Waals surface area contributed by atoms with E-state index in [2.05, 4.69) is 0 Å². The molecule has 0 saturated carbocycles. The molecule has 0 saturated heterocycles. The van der Waals surface area contributed by atoms with E-state index in [-0.39, 0.29) is 5.76 Å². The normalized spacial score (nSPS) is 10.8. The van der Waals surface area contributed by atoms with E-state index < -0.39 is 11.6 Å². The zero-order chi connectivity index (χ0) is 13.4. The summed E-state index contributed by atoms with van der Waals surface area (Å²) in [5, 5.41) is 0.786. The maximum atomic E-state index is 13.2. The number of carbonyl (C=O) groups excluding carboxylic acids is 1. The van der Waals surface area contributed by atoms with Gasteiger partial charge in [0.2, 0.25) is 0 Å². The number of aldehydes is 1. The van der Waals surface area contributed by atoms with Gasteiger partial charge in [0.1, 0.15) is 5.58 Å². The van der Waals surface area contributed by atoms with Gasteiger partial charge in [0.15, 0.2) is 23.7 Å². The van der Waals surface area contributed by atoms with Crippen molar-refractivity contribution in [3.05, 3.63) is 59.9 Å². The average Bonchev–Trinajstić information content (AvgIpc) is 2.83. The first kappa shape index (κ1) is 11.6. The van der Waals surface area contributed by atoms with Gasteiger partial charge in [0.25, 0.3) is 0 Å². The highest BCUT2D eigenvalue weighted by atomic mass is 19.2. The van der Waals surface area contributed by atoms with Crippen LogP contribution < -0.4 is 0 Å². The second-order valence-corrected chi connectivity index (χ2v) is 4.15. The third-order valence-electron chi connectivity index (χ3n) is 2.91. The molecule has 0 aliphatic rings. The first-order valence-corrected chi connectivity index (χ1v) is 5.61. The summed E-state index contributed by atoms with van der Waals surface area (Å²) in [6, 6.07) is 10.5. The first-order chi connectivity index (χ1) is 9.17. The minimum Gasteiger partial charge on any atom is -0.453 e. The van der Waals surface area contributed by atoms with Gasteiger partial charge in [-0.3, -0.25) is 4.79 Å². The molecule has 19 heavy (non-hydrogen) atoms. The molecule has 3 rings (SSSR count). The van der Waals surface area contributed by atoms with Crippen LogP contribution in [0.2, 0.25) is 0 Å². The highest BCUT2D eigenvalue weighted by molar-refractivity contribution is 5.88. The van der Waals surface area contributed by atoms with Crippen LogP contribution >= 0.6 is 0 Å². The van der Waals surface area contributed by atoms with E-state index in [1.807, 2.05) is 0 Å². The van der Waals surface area contributed by atoms with Gasteiger partial charge >= 0.3 is 0 Å². The van der Waals surface area contributed by atoms with Crippen LogP contribution in [-0.4, -0.2) is 6.29 Å². The van der Waals surface area contributed by atoms with Crippen molar-refractivity contribution in [3.8, 4) is 11.1 Å². The summed E-state index contributed by atoms with van der Waals surface area (Å²) in [4.78, 5) is 10.6. The lowest BCUT2D eigenvalue weighted by Crippen LogP contribution is -1.85. The van der Waals surface area contributed by atoms with Gasteiger partial charge < -0.3 is 4.42 Å². The van der Waals surface area contributed by atoms with Crippen molar-refractivity contribution in [1.82, 2.24) is 0 Å². The largest absolute Gasteiger partial charge is 0.453 e. The second-order valence-electron chi connectivity index (χ2n) is 4.15. The molecule has 0 fully saturated rings. The molecule has 0 unspecified atom stereocenters. The zero-order valence-corrected chi connectivity index (χ0v) is 9.69. The third-order valence-corrected chi connectivity index (χ3v) is 2.91. The van der Waals surface area contributed by atoms with E-state index in [1.165, 1.54) is 6.07 Å². The number of rotatable bonds is 2. The first-order valence-electron chi connectivity index (χ1n) is 5.61. The van der Waals surface area contributed by atoms with Crippen molar-refractivity contribution in [2.75, 3.05) is 0 Å². The Labute approximate surface area is 107 Å². The lowest BCUT2D eigenvalue weighted by Gasteiger charge is -2.02.